The Kier molecular flexibility index (Phi) is 25.5. The van der Waals surface area contributed by atoms with Gasteiger partial charge in [-0.3, -0.25) is 19.3 Å². The molecule has 13 heteroatoms. The number of nitrogens with zero attached hydrogens (tertiary/aromatic N) is 1. The summed E-state index contributed by atoms with van der Waals surface area (Å²) in [6, 6.07) is 0. The van der Waals surface area contributed by atoms with Crippen LogP contribution in [-0.2, 0) is 52.3 Å². The summed E-state index contributed by atoms with van der Waals surface area (Å²) in [7, 11) is 0. The molecule has 0 unspecified atom stereocenters. The standard InChI is InChI=1S/C28H50N2O11/c1-2-3-4-8-29-26(31)7-10-34-12-14-36-16-18-38-20-22-40-24-25-41-23-21-39-19-17-37-15-13-35-11-9-30-27(32)5-6-28(30)33/h5-6H,2-4,7-25H2,1H3,(H,29,31). The van der Waals surface area contributed by atoms with Gasteiger partial charge in [0.1, 0.15) is 0 Å². The average Bonchev–Trinajstić information content (AvgIpc) is 3.29. The van der Waals surface area contributed by atoms with Gasteiger partial charge in [-0.2, -0.15) is 0 Å². The topological polar surface area (TPSA) is 140 Å². The molecule has 0 saturated heterocycles. The van der Waals surface area contributed by atoms with Crippen molar-refractivity contribution in [3.8, 4) is 0 Å². The number of rotatable bonds is 31. The summed E-state index contributed by atoms with van der Waals surface area (Å²) in [6.45, 7) is 10.2. The maximum absolute atomic E-state index is 11.6. The average molecular weight is 591 g/mol. The number of amides is 3. The first-order chi connectivity index (χ1) is 20.1. The zero-order valence-electron chi connectivity index (χ0n) is 24.6. The molecule has 1 heterocycles. The van der Waals surface area contributed by atoms with Crippen molar-refractivity contribution >= 4 is 17.7 Å². The number of carbonyl (C=O) groups excluding carboxylic acids is 3. The van der Waals surface area contributed by atoms with Gasteiger partial charge in [0.2, 0.25) is 5.91 Å². The molecule has 0 aliphatic carbocycles. The van der Waals surface area contributed by atoms with E-state index in [0.29, 0.717) is 106 Å². The predicted molar refractivity (Wildman–Crippen MR) is 150 cm³/mol. The molecule has 0 radical (unpaired) electrons. The van der Waals surface area contributed by atoms with Gasteiger partial charge in [-0.05, 0) is 6.42 Å². The Morgan fingerprint density at radius 3 is 1.34 bits per heavy atom. The summed E-state index contributed by atoms with van der Waals surface area (Å²) >= 11 is 0. The molecule has 1 N–H and O–H groups in total. The molecule has 0 spiro atoms. The van der Waals surface area contributed by atoms with Crippen molar-refractivity contribution in [3.05, 3.63) is 12.2 Å². The Morgan fingerprint density at radius 1 is 0.585 bits per heavy atom. The van der Waals surface area contributed by atoms with E-state index in [0.717, 1.165) is 30.7 Å². The highest BCUT2D eigenvalue weighted by Crippen LogP contribution is 2.02. The van der Waals surface area contributed by atoms with Gasteiger partial charge in [0.25, 0.3) is 11.8 Å². The Morgan fingerprint density at radius 2 is 0.951 bits per heavy atom. The Hall–Kier alpha value is -1.97. The fraction of sp³-hybridized carbons (Fsp3) is 0.821. The minimum Gasteiger partial charge on any atom is -0.379 e. The highest BCUT2D eigenvalue weighted by atomic mass is 16.6. The number of hydrogen-bond donors (Lipinski definition) is 1. The summed E-state index contributed by atoms with van der Waals surface area (Å²) in [5.41, 5.74) is 0. The molecule has 0 aromatic carbocycles. The van der Waals surface area contributed by atoms with Gasteiger partial charge in [0.15, 0.2) is 0 Å². The van der Waals surface area contributed by atoms with Crippen molar-refractivity contribution in [1.29, 1.82) is 0 Å². The smallest absolute Gasteiger partial charge is 0.253 e. The van der Waals surface area contributed by atoms with E-state index in [2.05, 4.69) is 12.2 Å². The normalized spacial score (nSPS) is 13.0. The Labute approximate surface area is 244 Å². The fourth-order valence-electron chi connectivity index (χ4n) is 3.30. The molecule has 1 aliphatic heterocycles. The number of hydrogen-bond acceptors (Lipinski definition) is 11. The van der Waals surface area contributed by atoms with Crippen LogP contribution >= 0.6 is 0 Å². The van der Waals surface area contributed by atoms with Crippen LogP contribution in [0.2, 0.25) is 0 Å². The molecule has 0 aromatic heterocycles. The number of carbonyl (C=O) groups is 3. The van der Waals surface area contributed by atoms with Gasteiger partial charge in [-0.1, -0.05) is 19.8 Å². The lowest BCUT2D eigenvalue weighted by Gasteiger charge is -2.13. The first-order valence-electron chi connectivity index (χ1n) is 14.6. The van der Waals surface area contributed by atoms with E-state index in [1.54, 1.807) is 0 Å². The highest BCUT2D eigenvalue weighted by Gasteiger charge is 2.22. The van der Waals surface area contributed by atoms with Gasteiger partial charge in [0.05, 0.1) is 112 Å². The van der Waals surface area contributed by atoms with Crippen molar-refractivity contribution in [2.45, 2.75) is 32.6 Å². The molecule has 41 heavy (non-hydrogen) atoms. The number of nitrogens with one attached hydrogen (secondary N) is 1. The molecule has 0 aromatic rings. The van der Waals surface area contributed by atoms with E-state index in [-0.39, 0.29) is 30.9 Å². The SMILES string of the molecule is CCCCCNC(=O)CCOCCOCCOCCOCCOCCOCCOCCOCCN1C(=O)C=CC1=O. The van der Waals surface area contributed by atoms with Crippen LogP contribution < -0.4 is 5.32 Å². The molecule has 3 amide bonds. The summed E-state index contributed by atoms with van der Waals surface area (Å²) in [5, 5.41) is 2.88. The van der Waals surface area contributed by atoms with Gasteiger partial charge in [-0.15, -0.1) is 0 Å². The van der Waals surface area contributed by atoms with E-state index in [9.17, 15) is 14.4 Å². The Bertz CT molecular complexity index is 676. The van der Waals surface area contributed by atoms with Crippen LogP contribution in [0.1, 0.15) is 32.6 Å². The van der Waals surface area contributed by atoms with Crippen LogP contribution in [0, 0.1) is 0 Å². The summed E-state index contributed by atoms with van der Waals surface area (Å²) < 4.78 is 43.3. The minimum absolute atomic E-state index is 0.0285. The molecule has 238 valence electrons. The number of unbranched alkanes of at least 4 members (excludes halogenated alkanes) is 2. The summed E-state index contributed by atoms with van der Waals surface area (Å²) in [5.74, 6) is -0.585. The predicted octanol–water partition coefficient (Wildman–Crippen LogP) is 0.741. The first kappa shape index (κ1) is 37.1. The molecule has 0 saturated carbocycles. The van der Waals surface area contributed by atoms with E-state index < -0.39 is 0 Å². The zero-order chi connectivity index (χ0) is 29.6. The van der Waals surface area contributed by atoms with E-state index in [4.69, 9.17) is 37.9 Å². The lowest BCUT2D eigenvalue weighted by Crippen LogP contribution is -2.33. The van der Waals surface area contributed by atoms with Crippen LogP contribution in [0.5, 0.6) is 0 Å². The highest BCUT2D eigenvalue weighted by molar-refractivity contribution is 6.12. The molecule has 0 bridgehead atoms. The number of imide groups is 1. The second-order valence-electron chi connectivity index (χ2n) is 8.87. The van der Waals surface area contributed by atoms with E-state index in [1.807, 2.05) is 0 Å². The van der Waals surface area contributed by atoms with E-state index >= 15 is 0 Å². The Balaban J connectivity index is 1.66. The van der Waals surface area contributed by atoms with Crippen molar-refractivity contribution in [2.75, 3.05) is 119 Å². The summed E-state index contributed by atoms with van der Waals surface area (Å²) in [4.78, 5) is 35.5. The third kappa shape index (κ3) is 23.3. The summed E-state index contributed by atoms with van der Waals surface area (Å²) in [6.07, 6.45) is 6.17. The number of ether oxygens (including phenoxy) is 8. The van der Waals surface area contributed by atoms with Crippen LogP contribution in [0.3, 0.4) is 0 Å². The maximum Gasteiger partial charge on any atom is 0.253 e. The maximum atomic E-state index is 11.6. The van der Waals surface area contributed by atoms with Crippen molar-refractivity contribution in [2.24, 2.45) is 0 Å². The quantitative estimate of drug-likeness (QED) is 0.0903. The molecule has 1 rings (SSSR count). The molecule has 0 atom stereocenters. The molecule has 1 aliphatic rings. The van der Waals surface area contributed by atoms with Crippen molar-refractivity contribution in [3.63, 3.8) is 0 Å². The van der Waals surface area contributed by atoms with Crippen LogP contribution in [0.4, 0.5) is 0 Å². The van der Waals surface area contributed by atoms with Crippen LogP contribution in [0.25, 0.3) is 0 Å². The lowest BCUT2D eigenvalue weighted by molar-refractivity contribution is -0.137. The van der Waals surface area contributed by atoms with Gasteiger partial charge in [0, 0.05) is 25.1 Å². The van der Waals surface area contributed by atoms with Gasteiger partial charge >= 0.3 is 0 Å². The minimum atomic E-state index is -0.307. The van der Waals surface area contributed by atoms with Gasteiger partial charge < -0.3 is 43.2 Å². The largest absolute Gasteiger partial charge is 0.379 e. The first-order valence-corrected chi connectivity index (χ1v) is 14.6. The molecule has 0 fully saturated rings. The van der Waals surface area contributed by atoms with Gasteiger partial charge in [-0.25, -0.2) is 0 Å². The van der Waals surface area contributed by atoms with Crippen molar-refractivity contribution < 1.29 is 52.3 Å². The fourth-order valence-corrected chi connectivity index (χ4v) is 3.30. The zero-order valence-corrected chi connectivity index (χ0v) is 24.6. The second-order valence-corrected chi connectivity index (χ2v) is 8.87. The van der Waals surface area contributed by atoms with Crippen LogP contribution in [-0.4, -0.2) is 141 Å². The van der Waals surface area contributed by atoms with Crippen molar-refractivity contribution in [1.82, 2.24) is 10.2 Å². The third-order valence-electron chi connectivity index (χ3n) is 5.54. The second kappa shape index (κ2) is 28.2. The lowest BCUT2D eigenvalue weighted by atomic mass is 10.2. The van der Waals surface area contributed by atoms with Crippen LogP contribution in [0.15, 0.2) is 12.2 Å². The van der Waals surface area contributed by atoms with E-state index in [1.165, 1.54) is 12.2 Å². The monoisotopic (exact) mass is 590 g/mol. The molecule has 13 nitrogen and oxygen atoms in total. The molecular formula is C28H50N2O11. The third-order valence-corrected chi connectivity index (χ3v) is 5.54. The molecular weight excluding hydrogens is 540 g/mol.